The molecule has 0 saturated heterocycles. The quantitative estimate of drug-likeness (QED) is 0.648. The first-order valence-electron chi connectivity index (χ1n) is 7.94. The van der Waals surface area contributed by atoms with Crippen molar-refractivity contribution in [2.75, 3.05) is 6.54 Å². The summed E-state index contributed by atoms with van der Waals surface area (Å²) in [7, 11) is 0. The number of fused-ring (bicyclic) bond motifs is 1. The Morgan fingerprint density at radius 1 is 1.08 bits per heavy atom. The van der Waals surface area contributed by atoms with Crippen LogP contribution in [0.5, 0.6) is 0 Å². The van der Waals surface area contributed by atoms with Crippen molar-refractivity contribution >= 4 is 22.8 Å². The van der Waals surface area contributed by atoms with Crippen LogP contribution < -0.4 is 16.0 Å². The van der Waals surface area contributed by atoms with Crippen LogP contribution in [0, 0.1) is 0 Å². The molecule has 132 valence electrons. The fourth-order valence-electron chi connectivity index (χ4n) is 2.59. The van der Waals surface area contributed by atoms with Crippen molar-refractivity contribution in [2.45, 2.75) is 12.5 Å². The molecule has 0 unspecified atom stereocenters. The van der Waals surface area contributed by atoms with Crippen molar-refractivity contribution in [3.63, 3.8) is 0 Å². The number of nitrogens with one attached hydrogen (secondary N) is 1. The average Bonchev–Trinajstić information content (AvgIpc) is 2.65. The largest absolute Gasteiger partial charge is 0.550 e. The summed E-state index contributed by atoms with van der Waals surface area (Å²) < 4.78 is 1.01. The highest BCUT2D eigenvalue weighted by Gasteiger charge is 2.25. The lowest BCUT2D eigenvalue weighted by Crippen LogP contribution is -2.41. The lowest BCUT2D eigenvalue weighted by molar-refractivity contribution is -0.305. The van der Waals surface area contributed by atoms with E-state index in [4.69, 9.17) is 0 Å². The number of carboxylic acid groups (broad SMARTS) is 1. The highest BCUT2D eigenvalue weighted by atomic mass is 16.4. The molecule has 1 atom stereocenters. The van der Waals surface area contributed by atoms with Gasteiger partial charge in [-0.15, -0.1) is 5.10 Å². The van der Waals surface area contributed by atoms with Gasteiger partial charge in [0.1, 0.15) is 5.52 Å². The van der Waals surface area contributed by atoms with Crippen LogP contribution in [0.4, 0.5) is 0 Å². The zero-order valence-corrected chi connectivity index (χ0v) is 13.7. The molecule has 0 fully saturated rings. The van der Waals surface area contributed by atoms with E-state index in [-0.39, 0.29) is 13.0 Å². The summed E-state index contributed by atoms with van der Waals surface area (Å²) >= 11 is 0. The predicted octanol–water partition coefficient (Wildman–Crippen LogP) is -0.363. The second kappa shape index (κ2) is 7.56. The van der Waals surface area contributed by atoms with Gasteiger partial charge in [0.2, 0.25) is 5.91 Å². The van der Waals surface area contributed by atoms with Crippen molar-refractivity contribution in [1.29, 1.82) is 0 Å². The zero-order valence-electron chi connectivity index (χ0n) is 13.7. The Labute approximate surface area is 148 Å². The van der Waals surface area contributed by atoms with Crippen molar-refractivity contribution in [2.24, 2.45) is 0 Å². The molecule has 1 N–H and O–H groups in total. The number of nitrogens with zero attached hydrogens (tertiary/aromatic N) is 3. The minimum absolute atomic E-state index is 0.111. The van der Waals surface area contributed by atoms with Gasteiger partial charge in [-0.2, -0.15) is 4.68 Å². The van der Waals surface area contributed by atoms with Crippen LogP contribution in [0.2, 0.25) is 0 Å². The monoisotopic (exact) mass is 351 g/mol. The molecule has 0 bridgehead atoms. The number of benzene rings is 2. The van der Waals surface area contributed by atoms with Gasteiger partial charge in [0, 0.05) is 18.9 Å². The molecule has 26 heavy (non-hydrogen) atoms. The molecule has 1 aromatic heterocycles. The third-order valence-electron chi connectivity index (χ3n) is 3.83. The maximum atomic E-state index is 12.8. The molecular formula is C18H15N4O4-. The first-order valence-corrected chi connectivity index (χ1v) is 7.94. The Balaban J connectivity index is 2.04. The van der Waals surface area contributed by atoms with E-state index in [1.807, 2.05) is 0 Å². The third-order valence-corrected chi connectivity index (χ3v) is 3.83. The van der Waals surface area contributed by atoms with Gasteiger partial charge in [0.05, 0.1) is 5.39 Å². The molecule has 0 aliphatic carbocycles. The molecule has 1 heterocycles. The van der Waals surface area contributed by atoms with Gasteiger partial charge in [0.15, 0.2) is 6.04 Å². The van der Waals surface area contributed by atoms with Crippen LogP contribution in [0.1, 0.15) is 18.0 Å². The summed E-state index contributed by atoms with van der Waals surface area (Å²) in [6.45, 7) is -0.111. The number of hydrogen-bond donors (Lipinski definition) is 1. The Morgan fingerprint density at radius 2 is 1.77 bits per heavy atom. The van der Waals surface area contributed by atoms with Crippen LogP contribution in [0.3, 0.4) is 0 Å². The van der Waals surface area contributed by atoms with Crippen LogP contribution in [0.15, 0.2) is 59.4 Å². The number of carbonyl (C=O) groups is 2. The first kappa shape index (κ1) is 17.3. The smallest absolute Gasteiger partial charge is 0.278 e. The first-order chi connectivity index (χ1) is 12.6. The highest BCUT2D eigenvalue weighted by molar-refractivity contribution is 5.84. The van der Waals surface area contributed by atoms with E-state index in [0.29, 0.717) is 16.5 Å². The van der Waals surface area contributed by atoms with Crippen LogP contribution >= 0.6 is 0 Å². The number of hydrogen-bond acceptors (Lipinski definition) is 6. The van der Waals surface area contributed by atoms with E-state index in [1.54, 1.807) is 54.6 Å². The molecule has 0 saturated carbocycles. The number of amides is 1. The topological polar surface area (TPSA) is 117 Å². The Hall–Kier alpha value is -3.55. The molecule has 3 rings (SSSR count). The number of rotatable bonds is 6. The van der Waals surface area contributed by atoms with Crippen molar-refractivity contribution in [3.05, 3.63) is 70.5 Å². The van der Waals surface area contributed by atoms with E-state index < -0.39 is 23.5 Å². The third kappa shape index (κ3) is 3.59. The molecule has 8 heteroatoms. The van der Waals surface area contributed by atoms with Gasteiger partial charge in [0.25, 0.3) is 5.56 Å². The summed E-state index contributed by atoms with van der Waals surface area (Å²) in [6.07, 6.45) is -0.328. The van der Waals surface area contributed by atoms with Crippen molar-refractivity contribution in [1.82, 2.24) is 20.3 Å². The van der Waals surface area contributed by atoms with E-state index in [2.05, 4.69) is 15.6 Å². The zero-order chi connectivity index (χ0) is 18.5. The molecule has 0 aliphatic heterocycles. The Morgan fingerprint density at radius 3 is 2.50 bits per heavy atom. The van der Waals surface area contributed by atoms with Gasteiger partial charge in [-0.05, 0) is 17.7 Å². The van der Waals surface area contributed by atoms with Crippen molar-refractivity contribution < 1.29 is 14.7 Å². The van der Waals surface area contributed by atoms with Crippen LogP contribution in [0.25, 0.3) is 10.9 Å². The fourth-order valence-corrected chi connectivity index (χ4v) is 2.59. The van der Waals surface area contributed by atoms with Gasteiger partial charge in [-0.25, -0.2) is 0 Å². The molecule has 2 aromatic carbocycles. The van der Waals surface area contributed by atoms with Gasteiger partial charge in [-0.1, -0.05) is 47.7 Å². The van der Waals surface area contributed by atoms with Crippen molar-refractivity contribution in [3.8, 4) is 0 Å². The Kier molecular flexibility index (Phi) is 5.02. The number of aliphatic carboxylic acids is 1. The van der Waals surface area contributed by atoms with E-state index in [9.17, 15) is 19.5 Å². The second-order valence-corrected chi connectivity index (χ2v) is 5.58. The van der Waals surface area contributed by atoms with E-state index in [0.717, 1.165) is 4.68 Å². The SMILES string of the molecule is O=C([O-])CCNC(=O)[C@H](c1ccccc1)n1nnc2ccccc2c1=O. The number of carboxylic acids is 1. The summed E-state index contributed by atoms with van der Waals surface area (Å²) in [4.78, 5) is 36.0. The van der Waals surface area contributed by atoms with E-state index in [1.165, 1.54) is 0 Å². The Bertz CT molecular complexity index is 1000. The summed E-state index contributed by atoms with van der Waals surface area (Å²) in [5.74, 6) is -1.83. The lowest BCUT2D eigenvalue weighted by atomic mass is 10.1. The second-order valence-electron chi connectivity index (χ2n) is 5.58. The average molecular weight is 351 g/mol. The summed E-state index contributed by atoms with van der Waals surface area (Å²) in [5.41, 5.74) is 0.502. The van der Waals surface area contributed by atoms with Gasteiger partial charge >= 0.3 is 0 Å². The molecule has 1 amide bonds. The fraction of sp³-hybridized carbons (Fsp3) is 0.167. The minimum atomic E-state index is -1.27. The predicted molar refractivity (Wildman–Crippen MR) is 91.0 cm³/mol. The number of carbonyl (C=O) groups excluding carboxylic acids is 2. The van der Waals surface area contributed by atoms with Crippen LogP contribution in [-0.4, -0.2) is 33.4 Å². The molecular weight excluding hydrogens is 336 g/mol. The minimum Gasteiger partial charge on any atom is -0.550 e. The number of aromatic nitrogens is 3. The normalized spacial score (nSPS) is 11.8. The molecule has 0 radical (unpaired) electrons. The molecule has 0 spiro atoms. The van der Waals surface area contributed by atoms with Gasteiger partial charge < -0.3 is 15.2 Å². The molecule has 8 nitrogen and oxygen atoms in total. The molecule has 3 aromatic rings. The highest BCUT2D eigenvalue weighted by Crippen LogP contribution is 2.17. The van der Waals surface area contributed by atoms with E-state index >= 15 is 0 Å². The summed E-state index contributed by atoms with van der Waals surface area (Å²) in [5, 5.41) is 21.3. The van der Waals surface area contributed by atoms with Crippen LogP contribution in [-0.2, 0) is 9.59 Å². The maximum Gasteiger partial charge on any atom is 0.278 e. The maximum absolute atomic E-state index is 12.8. The lowest BCUT2D eigenvalue weighted by Gasteiger charge is -2.18. The summed E-state index contributed by atoms with van der Waals surface area (Å²) in [6, 6.07) is 14.3. The standard InChI is InChI=1S/C18H16N4O4/c23-15(24)10-11-19-17(25)16(12-6-2-1-3-7-12)22-18(26)13-8-4-5-9-14(13)20-21-22/h1-9,16H,10-11H2,(H,19,25)(H,23,24)/p-1/t16-/m0/s1. The van der Waals surface area contributed by atoms with Gasteiger partial charge in [-0.3, -0.25) is 9.59 Å². The molecule has 0 aliphatic rings.